The monoisotopic (exact) mass is 206 g/mol. The van der Waals surface area contributed by atoms with Crippen LogP contribution in [0.5, 0.6) is 5.75 Å². The van der Waals surface area contributed by atoms with Gasteiger partial charge in [-0.15, -0.1) is 0 Å². The number of carbonyl (C=O) groups excluding carboxylic acids is 2. The average Bonchev–Trinajstić information content (AvgIpc) is 2.13. The Kier molecular flexibility index (Phi) is 2.93. The summed E-state index contributed by atoms with van der Waals surface area (Å²) in [5, 5.41) is 9.72. The number of phenolic OH excluding ortho intramolecular Hbond substituents is 1. The molecular formula is C12H14O3. The molecule has 3 nitrogen and oxygen atoms in total. The lowest BCUT2D eigenvalue weighted by atomic mass is 9.94. The predicted molar refractivity (Wildman–Crippen MR) is 57.6 cm³/mol. The molecule has 0 spiro atoms. The van der Waals surface area contributed by atoms with Crippen LogP contribution in [0.15, 0.2) is 6.07 Å². The van der Waals surface area contributed by atoms with E-state index in [1.165, 1.54) is 19.9 Å². The molecule has 0 amide bonds. The summed E-state index contributed by atoms with van der Waals surface area (Å²) < 4.78 is 0. The summed E-state index contributed by atoms with van der Waals surface area (Å²) in [5.41, 5.74) is 2.02. The van der Waals surface area contributed by atoms with Crippen molar-refractivity contribution in [2.45, 2.75) is 27.7 Å². The minimum atomic E-state index is -0.238. The van der Waals surface area contributed by atoms with E-state index in [-0.39, 0.29) is 22.9 Å². The van der Waals surface area contributed by atoms with Gasteiger partial charge in [0.2, 0.25) is 0 Å². The van der Waals surface area contributed by atoms with Gasteiger partial charge in [0, 0.05) is 5.56 Å². The molecular weight excluding hydrogens is 192 g/mol. The Morgan fingerprint density at radius 2 is 1.47 bits per heavy atom. The average molecular weight is 206 g/mol. The first kappa shape index (κ1) is 11.4. The molecule has 80 valence electrons. The summed E-state index contributed by atoms with van der Waals surface area (Å²) in [7, 11) is 0. The number of aromatic hydroxyl groups is 1. The van der Waals surface area contributed by atoms with Gasteiger partial charge in [-0.2, -0.15) is 0 Å². The van der Waals surface area contributed by atoms with Gasteiger partial charge in [-0.1, -0.05) is 0 Å². The number of Topliss-reactive ketones (excluding diaryl/α,β-unsaturated/α-hetero) is 2. The van der Waals surface area contributed by atoms with Crippen molar-refractivity contribution < 1.29 is 14.7 Å². The highest BCUT2D eigenvalue weighted by molar-refractivity contribution is 6.02. The molecule has 0 fully saturated rings. The molecule has 3 heteroatoms. The zero-order valence-corrected chi connectivity index (χ0v) is 9.34. The van der Waals surface area contributed by atoms with Crippen LogP contribution in [0.3, 0.4) is 0 Å². The van der Waals surface area contributed by atoms with Crippen molar-refractivity contribution in [2.75, 3.05) is 0 Å². The molecule has 15 heavy (non-hydrogen) atoms. The Morgan fingerprint density at radius 3 is 1.87 bits per heavy atom. The number of benzene rings is 1. The summed E-state index contributed by atoms with van der Waals surface area (Å²) in [6.45, 7) is 6.27. The van der Waals surface area contributed by atoms with E-state index < -0.39 is 0 Å². The second-order valence-corrected chi connectivity index (χ2v) is 3.68. The maximum atomic E-state index is 11.3. The first-order valence-corrected chi connectivity index (χ1v) is 4.71. The van der Waals surface area contributed by atoms with Gasteiger partial charge in [0.1, 0.15) is 5.75 Å². The molecule has 1 rings (SSSR count). The highest BCUT2D eigenvalue weighted by atomic mass is 16.3. The minimum Gasteiger partial charge on any atom is -0.507 e. The molecule has 0 aromatic heterocycles. The lowest BCUT2D eigenvalue weighted by molar-refractivity contribution is 0.101. The van der Waals surface area contributed by atoms with E-state index in [0.29, 0.717) is 11.1 Å². The van der Waals surface area contributed by atoms with Gasteiger partial charge in [0.05, 0.1) is 5.56 Å². The van der Waals surface area contributed by atoms with E-state index in [9.17, 15) is 14.7 Å². The van der Waals surface area contributed by atoms with Crippen molar-refractivity contribution in [1.82, 2.24) is 0 Å². The Hall–Kier alpha value is -1.64. The highest BCUT2D eigenvalue weighted by Crippen LogP contribution is 2.28. The molecule has 0 aliphatic carbocycles. The Morgan fingerprint density at radius 1 is 1.00 bits per heavy atom. The molecule has 0 radical (unpaired) electrons. The second kappa shape index (κ2) is 3.85. The zero-order valence-electron chi connectivity index (χ0n) is 9.34. The molecule has 0 saturated heterocycles. The molecule has 0 bridgehead atoms. The predicted octanol–water partition coefficient (Wildman–Crippen LogP) is 2.41. The summed E-state index contributed by atoms with van der Waals surface area (Å²) in [5.74, 6) is -0.360. The fourth-order valence-corrected chi connectivity index (χ4v) is 1.54. The lowest BCUT2D eigenvalue weighted by Gasteiger charge is -2.11. The summed E-state index contributed by atoms with van der Waals surface area (Å²) in [6.07, 6.45) is 0. The van der Waals surface area contributed by atoms with Crippen molar-refractivity contribution in [3.8, 4) is 5.75 Å². The zero-order chi connectivity index (χ0) is 11.7. The van der Waals surface area contributed by atoms with Crippen molar-refractivity contribution in [1.29, 1.82) is 0 Å². The fourth-order valence-electron chi connectivity index (χ4n) is 1.54. The fraction of sp³-hybridized carbons (Fsp3) is 0.333. The van der Waals surface area contributed by atoms with E-state index >= 15 is 0 Å². The third-order valence-electron chi connectivity index (χ3n) is 2.62. The van der Waals surface area contributed by atoms with E-state index in [1.807, 2.05) is 0 Å². The van der Waals surface area contributed by atoms with Crippen molar-refractivity contribution in [2.24, 2.45) is 0 Å². The van der Waals surface area contributed by atoms with E-state index in [1.54, 1.807) is 13.8 Å². The molecule has 0 aliphatic rings. The lowest BCUT2D eigenvalue weighted by Crippen LogP contribution is -2.04. The highest BCUT2D eigenvalue weighted by Gasteiger charge is 2.16. The van der Waals surface area contributed by atoms with Crippen molar-refractivity contribution in [3.63, 3.8) is 0 Å². The minimum absolute atomic E-state index is 0.0231. The molecule has 0 aliphatic heterocycles. The Balaban J connectivity index is 3.59. The number of ketones is 2. The normalized spacial score (nSPS) is 10.1. The molecule has 0 atom stereocenters. The standard InChI is InChI=1S/C12H14O3/c1-6-7(2)12(15)11(9(4)14)5-10(6)8(3)13/h5,15H,1-4H3. The van der Waals surface area contributed by atoms with Gasteiger partial charge in [-0.3, -0.25) is 9.59 Å². The second-order valence-electron chi connectivity index (χ2n) is 3.68. The van der Waals surface area contributed by atoms with Crippen LogP contribution in [0.2, 0.25) is 0 Å². The van der Waals surface area contributed by atoms with Gasteiger partial charge in [0.15, 0.2) is 11.6 Å². The summed E-state index contributed by atoms with van der Waals surface area (Å²) in [4.78, 5) is 22.5. The number of rotatable bonds is 2. The van der Waals surface area contributed by atoms with Gasteiger partial charge < -0.3 is 5.11 Å². The summed E-state index contributed by atoms with van der Waals surface area (Å²) >= 11 is 0. The third kappa shape index (κ3) is 1.91. The van der Waals surface area contributed by atoms with Crippen LogP contribution < -0.4 is 0 Å². The SMILES string of the molecule is CC(=O)c1cc(C(C)=O)c(O)c(C)c1C. The molecule has 0 heterocycles. The maximum absolute atomic E-state index is 11.3. The van der Waals surface area contributed by atoms with Crippen LogP contribution in [-0.4, -0.2) is 16.7 Å². The quantitative estimate of drug-likeness (QED) is 0.756. The van der Waals surface area contributed by atoms with Crippen LogP contribution in [0.25, 0.3) is 0 Å². The van der Waals surface area contributed by atoms with Crippen molar-refractivity contribution in [3.05, 3.63) is 28.3 Å². The van der Waals surface area contributed by atoms with Crippen LogP contribution >= 0.6 is 0 Å². The molecule has 0 saturated carbocycles. The number of hydrogen-bond acceptors (Lipinski definition) is 3. The first-order valence-electron chi connectivity index (χ1n) is 4.71. The maximum Gasteiger partial charge on any atom is 0.163 e. The third-order valence-corrected chi connectivity index (χ3v) is 2.62. The van der Waals surface area contributed by atoms with Gasteiger partial charge in [0.25, 0.3) is 0 Å². The largest absolute Gasteiger partial charge is 0.507 e. The molecule has 1 N–H and O–H groups in total. The van der Waals surface area contributed by atoms with Crippen LogP contribution in [0, 0.1) is 13.8 Å². The summed E-state index contributed by atoms with van der Waals surface area (Å²) in [6, 6.07) is 1.46. The molecule has 1 aromatic rings. The van der Waals surface area contributed by atoms with Crippen molar-refractivity contribution >= 4 is 11.6 Å². The molecule has 0 unspecified atom stereocenters. The Bertz CT molecular complexity index is 406. The number of phenols is 1. The van der Waals surface area contributed by atoms with Crippen LogP contribution in [0.4, 0.5) is 0 Å². The first-order chi connectivity index (χ1) is 6.86. The van der Waals surface area contributed by atoms with Crippen LogP contribution in [-0.2, 0) is 0 Å². The number of hydrogen-bond donors (Lipinski definition) is 1. The van der Waals surface area contributed by atoms with E-state index in [4.69, 9.17) is 0 Å². The van der Waals surface area contributed by atoms with Gasteiger partial charge in [-0.25, -0.2) is 0 Å². The van der Waals surface area contributed by atoms with Gasteiger partial charge >= 0.3 is 0 Å². The van der Waals surface area contributed by atoms with E-state index in [2.05, 4.69) is 0 Å². The number of carbonyl (C=O) groups is 2. The van der Waals surface area contributed by atoms with E-state index in [0.717, 1.165) is 5.56 Å². The Labute approximate surface area is 88.7 Å². The molecule has 1 aromatic carbocycles. The topological polar surface area (TPSA) is 54.4 Å². The van der Waals surface area contributed by atoms with Crippen LogP contribution in [0.1, 0.15) is 45.7 Å². The van der Waals surface area contributed by atoms with Gasteiger partial charge in [-0.05, 0) is 44.9 Å². The smallest absolute Gasteiger partial charge is 0.163 e.